The Labute approximate surface area is 352 Å². The Kier molecular flexibility index (Phi) is 17.7. The van der Waals surface area contributed by atoms with Crippen molar-refractivity contribution in [1.29, 1.82) is 0 Å². The fourth-order valence-corrected chi connectivity index (χ4v) is 6.66. The highest BCUT2D eigenvalue weighted by molar-refractivity contribution is 9.10. The van der Waals surface area contributed by atoms with Gasteiger partial charge in [-0.3, -0.25) is 19.2 Å². The Bertz CT molecular complexity index is 1950. The molecular weight excluding hydrogens is 884 g/mol. The van der Waals surface area contributed by atoms with Crippen LogP contribution in [-0.4, -0.2) is 70.2 Å². The molecule has 58 heavy (non-hydrogen) atoms. The van der Waals surface area contributed by atoms with Gasteiger partial charge < -0.3 is 51.3 Å². The van der Waals surface area contributed by atoms with Crippen molar-refractivity contribution in [1.82, 2.24) is 20.6 Å². The molecule has 310 valence electrons. The molecule has 4 aromatic rings. The van der Waals surface area contributed by atoms with Crippen LogP contribution in [0.25, 0.3) is 11.1 Å². The van der Waals surface area contributed by atoms with E-state index in [-0.39, 0.29) is 62.8 Å². The van der Waals surface area contributed by atoms with E-state index in [1.54, 1.807) is 12.1 Å². The average molecular weight is 931 g/mol. The number of aromatic nitrogens is 2. The molecule has 0 saturated carbocycles. The number of ether oxygens (including phenoxy) is 4. The molecular formula is C40H46Br2N6O10. The number of nitrogens with one attached hydrogen (secondary N) is 2. The largest absolute Gasteiger partial charge is 0.481 e. The minimum absolute atomic E-state index is 0.0389. The second kappa shape index (κ2) is 22.6. The van der Waals surface area contributed by atoms with E-state index in [2.05, 4.69) is 52.5 Å². The quantitative estimate of drug-likeness (QED) is 0.0475. The van der Waals surface area contributed by atoms with Crippen molar-refractivity contribution in [3.63, 3.8) is 0 Å². The molecule has 0 aliphatic heterocycles. The van der Waals surface area contributed by atoms with E-state index in [9.17, 15) is 19.2 Å². The van der Waals surface area contributed by atoms with E-state index in [0.717, 1.165) is 33.4 Å². The van der Waals surface area contributed by atoms with Crippen LogP contribution in [0.5, 0.6) is 23.5 Å². The first-order chi connectivity index (χ1) is 27.7. The summed E-state index contributed by atoms with van der Waals surface area (Å²) in [5.41, 5.74) is 17.7. The van der Waals surface area contributed by atoms with Crippen LogP contribution in [0.2, 0.25) is 0 Å². The van der Waals surface area contributed by atoms with Gasteiger partial charge in [0.05, 0.1) is 8.95 Å². The first kappa shape index (κ1) is 45.4. The van der Waals surface area contributed by atoms with Crippen molar-refractivity contribution in [3.05, 3.63) is 90.9 Å². The summed E-state index contributed by atoms with van der Waals surface area (Å²) < 4.78 is 24.7. The van der Waals surface area contributed by atoms with Gasteiger partial charge in [0.2, 0.25) is 23.5 Å². The lowest BCUT2D eigenvalue weighted by molar-refractivity contribution is -0.138. The van der Waals surface area contributed by atoms with Crippen LogP contribution in [0.1, 0.15) is 59.1 Å². The number of halogens is 2. The number of hydrogen-bond acceptors (Lipinski definition) is 12. The fourth-order valence-electron chi connectivity index (χ4n) is 5.70. The van der Waals surface area contributed by atoms with Crippen molar-refractivity contribution in [3.8, 4) is 34.6 Å². The summed E-state index contributed by atoms with van der Waals surface area (Å²) in [6.07, 6.45) is 0.967. The van der Waals surface area contributed by atoms with E-state index >= 15 is 0 Å². The number of carbonyl (C=O) groups excluding carboxylic acids is 2. The van der Waals surface area contributed by atoms with Crippen LogP contribution >= 0.6 is 31.9 Å². The first-order valence-electron chi connectivity index (χ1n) is 18.2. The van der Waals surface area contributed by atoms with Crippen LogP contribution in [0.4, 0.5) is 0 Å². The lowest BCUT2D eigenvalue weighted by atomic mass is 9.92. The number of hydrogen-bond donors (Lipinski definition) is 6. The van der Waals surface area contributed by atoms with Gasteiger partial charge in [0.15, 0.2) is 13.2 Å². The third-order valence-corrected chi connectivity index (χ3v) is 9.83. The zero-order valence-electron chi connectivity index (χ0n) is 32.1. The number of amides is 2. The molecule has 2 heterocycles. The molecule has 2 aromatic carbocycles. The molecule has 0 fully saturated rings. The molecule has 0 bridgehead atoms. The first-order valence-corrected chi connectivity index (χ1v) is 19.8. The van der Waals surface area contributed by atoms with Crippen LogP contribution in [-0.2, 0) is 45.5 Å². The number of nitrogens with two attached hydrogens (primary N) is 2. The predicted octanol–water partition coefficient (Wildman–Crippen LogP) is 5.08. The van der Waals surface area contributed by atoms with Gasteiger partial charge in [0.25, 0.3) is 11.8 Å². The van der Waals surface area contributed by atoms with Crippen molar-refractivity contribution in [2.24, 2.45) is 11.5 Å². The lowest BCUT2D eigenvalue weighted by Gasteiger charge is -2.18. The smallest absolute Gasteiger partial charge is 0.303 e. The molecule has 0 saturated heterocycles. The van der Waals surface area contributed by atoms with Gasteiger partial charge >= 0.3 is 11.9 Å². The maximum Gasteiger partial charge on any atom is 0.303 e. The second-order valence-corrected chi connectivity index (χ2v) is 14.8. The minimum atomic E-state index is -0.872. The van der Waals surface area contributed by atoms with Gasteiger partial charge in [-0.2, -0.15) is 9.97 Å². The van der Waals surface area contributed by atoms with Crippen molar-refractivity contribution >= 4 is 55.6 Å². The molecule has 18 heteroatoms. The summed E-state index contributed by atoms with van der Waals surface area (Å²) in [5, 5.41) is 24.1. The number of carbonyl (C=O) groups is 4. The monoisotopic (exact) mass is 928 g/mol. The molecule has 8 N–H and O–H groups in total. The Morgan fingerprint density at radius 1 is 0.621 bits per heavy atom. The van der Waals surface area contributed by atoms with Gasteiger partial charge in [-0.15, -0.1) is 0 Å². The van der Waals surface area contributed by atoms with Gasteiger partial charge in [0, 0.05) is 37.1 Å². The van der Waals surface area contributed by atoms with Crippen LogP contribution < -0.4 is 41.0 Å². The summed E-state index contributed by atoms with van der Waals surface area (Å²) in [6.45, 7) is 5.14. The molecule has 0 unspecified atom stereocenters. The zero-order valence-corrected chi connectivity index (χ0v) is 35.2. The standard InChI is InChI=1S/C40H46Br2N6O10/c1-23-25(19-55-39-31(41)15-27(17-45-13-5-11-35(51)52)37(47-39)57-21-33(43)49)7-3-9-29(23)30-10-4-8-26(24(30)2)20-56-40-32(42)16-28(18-46-14-6-12-36(53)54)38(48-40)58-22-34(44)50/h3-4,7-10,15-16,45-46H,5-6,11-14,17-22H2,1-2H3,(H2,43,49)(H2,44,50)(H,51,52)(H,53,54). The van der Waals surface area contributed by atoms with Crippen LogP contribution in [0.3, 0.4) is 0 Å². The van der Waals surface area contributed by atoms with Crippen LogP contribution in [0.15, 0.2) is 57.5 Å². The number of aliphatic carboxylic acids is 2. The molecule has 4 rings (SSSR count). The Balaban J connectivity index is 1.49. The summed E-state index contributed by atoms with van der Waals surface area (Å²) in [5.74, 6) is -2.25. The van der Waals surface area contributed by atoms with E-state index in [1.165, 1.54) is 0 Å². The number of carboxylic acid groups (broad SMARTS) is 2. The Hall–Kier alpha value is -5.30. The maximum atomic E-state index is 11.5. The van der Waals surface area contributed by atoms with E-state index < -0.39 is 23.8 Å². The highest BCUT2D eigenvalue weighted by Crippen LogP contribution is 2.34. The van der Waals surface area contributed by atoms with E-state index in [1.807, 2.05) is 50.2 Å². The summed E-state index contributed by atoms with van der Waals surface area (Å²) in [6, 6.07) is 15.4. The highest BCUT2D eigenvalue weighted by Gasteiger charge is 2.18. The zero-order chi connectivity index (χ0) is 42.2. The number of benzene rings is 2. The van der Waals surface area contributed by atoms with Gasteiger partial charge in [-0.1, -0.05) is 36.4 Å². The highest BCUT2D eigenvalue weighted by atomic mass is 79.9. The van der Waals surface area contributed by atoms with Gasteiger partial charge in [-0.25, -0.2) is 0 Å². The van der Waals surface area contributed by atoms with Gasteiger partial charge in [0.1, 0.15) is 13.2 Å². The fraction of sp³-hybridized carbons (Fsp3) is 0.350. The minimum Gasteiger partial charge on any atom is -0.481 e. The second-order valence-electron chi connectivity index (χ2n) is 13.1. The third kappa shape index (κ3) is 14.0. The van der Waals surface area contributed by atoms with Crippen molar-refractivity contribution in [2.75, 3.05) is 26.3 Å². The molecule has 0 spiro atoms. The number of carboxylic acids is 2. The molecule has 16 nitrogen and oxygen atoms in total. The lowest BCUT2D eigenvalue weighted by Crippen LogP contribution is -2.22. The molecule has 0 aliphatic rings. The summed E-state index contributed by atoms with van der Waals surface area (Å²) in [7, 11) is 0. The van der Waals surface area contributed by atoms with Crippen molar-refractivity contribution < 1.29 is 48.3 Å². The molecule has 2 aromatic heterocycles. The topological polar surface area (TPSA) is 248 Å². The Morgan fingerprint density at radius 3 is 1.38 bits per heavy atom. The Morgan fingerprint density at radius 2 is 1.02 bits per heavy atom. The maximum absolute atomic E-state index is 11.5. The molecule has 0 aliphatic carbocycles. The molecule has 0 radical (unpaired) electrons. The predicted molar refractivity (Wildman–Crippen MR) is 220 cm³/mol. The van der Waals surface area contributed by atoms with Crippen LogP contribution in [0, 0.1) is 13.8 Å². The normalized spacial score (nSPS) is 10.9. The number of rotatable bonds is 25. The number of primary amides is 2. The molecule has 2 amide bonds. The SMILES string of the molecule is Cc1c(COc2nc(OCC(N)=O)c(CNCCCC(=O)O)cc2Br)cccc1-c1cccc(COc2nc(OCC(N)=O)c(CNCCCC(=O)O)cc2Br)c1C. The van der Waals surface area contributed by atoms with E-state index in [4.69, 9.17) is 40.6 Å². The summed E-state index contributed by atoms with van der Waals surface area (Å²) >= 11 is 7.07. The van der Waals surface area contributed by atoms with E-state index in [0.29, 0.717) is 59.1 Å². The number of nitrogens with zero attached hydrogens (tertiary/aromatic N) is 2. The number of pyridine rings is 2. The van der Waals surface area contributed by atoms with Gasteiger partial charge in [-0.05, 0) is 117 Å². The third-order valence-electron chi connectivity index (χ3n) is 8.70. The summed E-state index contributed by atoms with van der Waals surface area (Å²) in [4.78, 5) is 53.7. The molecule has 0 atom stereocenters. The van der Waals surface area contributed by atoms with Crippen molar-refractivity contribution in [2.45, 2.75) is 65.8 Å². The average Bonchev–Trinajstić information content (AvgIpc) is 3.16.